The molecular formula is C22H24FN3O9. The zero-order valence-electron chi connectivity index (χ0n) is 19.4. The Labute approximate surface area is 199 Å². The highest BCUT2D eigenvalue weighted by atomic mass is 19.1. The van der Waals surface area contributed by atoms with Crippen LogP contribution in [-0.4, -0.2) is 69.9 Å². The fourth-order valence-corrected chi connectivity index (χ4v) is 3.60. The zero-order chi connectivity index (χ0) is 25.7. The van der Waals surface area contributed by atoms with E-state index in [1.807, 2.05) is 0 Å². The van der Waals surface area contributed by atoms with Gasteiger partial charge in [-0.25, -0.2) is 9.07 Å². The van der Waals surface area contributed by atoms with Crippen molar-refractivity contribution in [2.24, 2.45) is 0 Å². The molecule has 5 atom stereocenters. The average Bonchev–Trinajstić information content (AvgIpc) is 3.24. The molecule has 2 aromatic rings. The summed E-state index contributed by atoms with van der Waals surface area (Å²) in [5, 5.41) is 8.02. The van der Waals surface area contributed by atoms with Gasteiger partial charge in [0.1, 0.15) is 24.2 Å². The molecule has 0 saturated carbocycles. The van der Waals surface area contributed by atoms with Crippen LogP contribution in [0, 0.1) is 5.82 Å². The molecule has 1 fully saturated rings. The molecule has 0 amide bonds. The lowest BCUT2D eigenvalue weighted by molar-refractivity contribution is -0.270. The fourth-order valence-electron chi connectivity index (χ4n) is 3.60. The number of esters is 4. The largest absolute Gasteiger partial charge is 0.463 e. The standard InChI is InChI=1S/C22H24FN3O9/c1-11(27)31-10-18-19(32-12(2)28)20(33-13(3)29)21(34-14(4)30)22(35-18)26-9-17(24-25-26)15-6-5-7-16(23)8-15/h5-9,18-22H,10H2,1-4H3/t18-,19-,20+,21-,22-/m1/s1. The van der Waals surface area contributed by atoms with E-state index in [2.05, 4.69) is 10.3 Å². The van der Waals surface area contributed by atoms with Gasteiger partial charge in [0.25, 0.3) is 0 Å². The van der Waals surface area contributed by atoms with Crippen molar-refractivity contribution in [1.29, 1.82) is 0 Å². The monoisotopic (exact) mass is 493 g/mol. The van der Waals surface area contributed by atoms with E-state index in [9.17, 15) is 23.6 Å². The minimum absolute atomic E-state index is 0.275. The van der Waals surface area contributed by atoms with Gasteiger partial charge in [-0.2, -0.15) is 0 Å². The van der Waals surface area contributed by atoms with E-state index in [1.54, 1.807) is 6.07 Å². The first-order chi connectivity index (χ1) is 16.5. The summed E-state index contributed by atoms with van der Waals surface area (Å²) in [7, 11) is 0. The van der Waals surface area contributed by atoms with E-state index in [0.717, 1.165) is 20.8 Å². The number of ether oxygens (including phenoxy) is 5. The van der Waals surface area contributed by atoms with E-state index < -0.39 is 60.3 Å². The number of carbonyl (C=O) groups is 4. The normalized spacial score (nSPS) is 23.7. The zero-order valence-corrected chi connectivity index (χ0v) is 19.4. The fraction of sp³-hybridized carbons (Fsp3) is 0.455. The lowest BCUT2D eigenvalue weighted by Gasteiger charge is -2.44. The van der Waals surface area contributed by atoms with E-state index in [0.29, 0.717) is 5.56 Å². The predicted octanol–water partition coefficient (Wildman–Crippen LogP) is 1.34. The summed E-state index contributed by atoms with van der Waals surface area (Å²) >= 11 is 0. The molecule has 1 aliphatic heterocycles. The van der Waals surface area contributed by atoms with Gasteiger partial charge < -0.3 is 23.7 Å². The van der Waals surface area contributed by atoms with Crippen molar-refractivity contribution in [3.8, 4) is 11.3 Å². The maximum absolute atomic E-state index is 13.7. The molecule has 0 bridgehead atoms. The van der Waals surface area contributed by atoms with Crippen molar-refractivity contribution in [1.82, 2.24) is 15.0 Å². The topological polar surface area (TPSA) is 145 Å². The van der Waals surface area contributed by atoms with Crippen LogP contribution in [0.5, 0.6) is 0 Å². The van der Waals surface area contributed by atoms with Crippen LogP contribution in [0.3, 0.4) is 0 Å². The summed E-state index contributed by atoms with van der Waals surface area (Å²) in [6, 6.07) is 5.64. The summed E-state index contributed by atoms with van der Waals surface area (Å²) in [6.07, 6.45) is -4.94. The maximum atomic E-state index is 13.7. The van der Waals surface area contributed by atoms with Crippen LogP contribution in [0.25, 0.3) is 11.3 Å². The van der Waals surface area contributed by atoms with Crippen molar-refractivity contribution < 1.29 is 47.3 Å². The van der Waals surface area contributed by atoms with Crippen molar-refractivity contribution in [3.05, 3.63) is 36.3 Å². The first-order valence-corrected chi connectivity index (χ1v) is 10.5. The smallest absolute Gasteiger partial charge is 0.303 e. The quantitative estimate of drug-likeness (QED) is 0.407. The molecule has 35 heavy (non-hydrogen) atoms. The molecular weight excluding hydrogens is 469 g/mol. The predicted molar refractivity (Wildman–Crippen MR) is 113 cm³/mol. The second-order valence-electron chi connectivity index (χ2n) is 7.68. The molecule has 1 saturated heterocycles. The van der Waals surface area contributed by atoms with Crippen molar-refractivity contribution in [2.45, 2.75) is 58.3 Å². The molecule has 0 N–H and O–H groups in total. The van der Waals surface area contributed by atoms with E-state index in [4.69, 9.17) is 23.7 Å². The van der Waals surface area contributed by atoms with Gasteiger partial charge in [-0.1, -0.05) is 17.3 Å². The highest BCUT2D eigenvalue weighted by Crippen LogP contribution is 2.35. The Balaban J connectivity index is 2.04. The number of nitrogens with zero attached hydrogens (tertiary/aromatic N) is 3. The lowest BCUT2D eigenvalue weighted by atomic mass is 9.97. The SMILES string of the molecule is CC(=O)OC[C@H]1O[C@@H](n2cc(-c3cccc(F)c3)nn2)[C@H](OC(C)=O)[C@@H](OC(C)=O)[C@@H]1OC(C)=O. The molecule has 0 aliphatic carbocycles. The number of aromatic nitrogens is 3. The number of halogens is 1. The highest BCUT2D eigenvalue weighted by Gasteiger charge is 2.53. The van der Waals surface area contributed by atoms with Crippen LogP contribution in [0.4, 0.5) is 4.39 Å². The van der Waals surface area contributed by atoms with Crippen molar-refractivity contribution in [3.63, 3.8) is 0 Å². The number of hydrogen-bond donors (Lipinski definition) is 0. The van der Waals surface area contributed by atoms with E-state index in [-0.39, 0.29) is 12.3 Å². The molecule has 2 heterocycles. The minimum Gasteiger partial charge on any atom is -0.463 e. The van der Waals surface area contributed by atoms with Crippen LogP contribution in [0.1, 0.15) is 33.9 Å². The molecule has 0 unspecified atom stereocenters. The Morgan fingerprint density at radius 3 is 2.17 bits per heavy atom. The van der Waals surface area contributed by atoms with Gasteiger partial charge in [0.15, 0.2) is 24.5 Å². The molecule has 0 radical (unpaired) electrons. The minimum atomic E-state index is -1.35. The van der Waals surface area contributed by atoms with Gasteiger partial charge in [-0.3, -0.25) is 19.2 Å². The third-order valence-corrected chi connectivity index (χ3v) is 4.86. The molecule has 13 heteroatoms. The van der Waals surface area contributed by atoms with Crippen LogP contribution in [0.15, 0.2) is 30.5 Å². The first kappa shape index (κ1) is 25.7. The second kappa shape index (κ2) is 11.0. The van der Waals surface area contributed by atoms with Crippen LogP contribution in [-0.2, 0) is 42.9 Å². The molecule has 3 rings (SSSR count). The Bertz CT molecular complexity index is 1110. The van der Waals surface area contributed by atoms with Gasteiger partial charge in [0.05, 0.1) is 6.20 Å². The first-order valence-electron chi connectivity index (χ1n) is 10.5. The summed E-state index contributed by atoms with van der Waals surface area (Å²) < 4.78 is 42.0. The Morgan fingerprint density at radius 2 is 1.57 bits per heavy atom. The van der Waals surface area contributed by atoms with Crippen LogP contribution in [0.2, 0.25) is 0 Å². The van der Waals surface area contributed by atoms with Gasteiger partial charge in [-0.15, -0.1) is 5.10 Å². The van der Waals surface area contributed by atoms with Gasteiger partial charge >= 0.3 is 23.9 Å². The van der Waals surface area contributed by atoms with Crippen molar-refractivity contribution in [2.75, 3.05) is 6.61 Å². The number of benzene rings is 1. The van der Waals surface area contributed by atoms with Crippen LogP contribution < -0.4 is 0 Å². The number of hydrogen-bond acceptors (Lipinski definition) is 11. The Kier molecular flexibility index (Phi) is 8.12. The summed E-state index contributed by atoms with van der Waals surface area (Å²) in [4.78, 5) is 47.1. The molecule has 0 spiro atoms. The lowest BCUT2D eigenvalue weighted by Crippen LogP contribution is -2.60. The summed E-state index contributed by atoms with van der Waals surface area (Å²) in [6.45, 7) is 4.18. The third-order valence-electron chi connectivity index (χ3n) is 4.86. The molecule has 1 aromatic heterocycles. The van der Waals surface area contributed by atoms with E-state index in [1.165, 1.54) is 36.0 Å². The van der Waals surface area contributed by atoms with Crippen LogP contribution >= 0.6 is 0 Å². The second-order valence-corrected chi connectivity index (χ2v) is 7.68. The molecule has 1 aromatic carbocycles. The molecule has 12 nitrogen and oxygen atoms in total. The Morgan fingerprint density at radius 1 is 0.943 bits per heavy atom. The van der Waals surface area contributed by atoms with Gasteiger partial charge in [0, 0.05) is 33.3 Å². The summed E-state index contributed by atoms with van der Waals surface area (Å²) in [5.41, 5.74) is 0.694. The molecule has 188 valence electrons. The van der Waals surface area contributed by atoms with Crippen molar-refractivity contribution >= 4 is 23.9 Å². The highest BCUT2D eigenvalue weighted by molar-refractivity contribution is 5.68. The van der Waals surface area contributed by atoms with Gasteiger partial charge in [0.2, 0.25) is 0 Å². The third kappa shape index (κ3) is 6.59. The number of rotatable bonds is 7. The average molecular weight is 493 g/mol. The summed E-state index contributed by atoms with van der Waals surface area (Å²) in [5.74, 6) is -3.35. The van der Waals surface area contributed by atoms with E-state index >= 15 is 0 Å². The van der Waals surface area contributed by atoms with Gasteiger partial charge in [-0.05, 0) is 12.1 Å². The molecule has 1 aliphatic rings. The number of carbonyl (C=O) groups excluding carboxylic acids is 4. The maximum Gasteiger partial charge on any atom is 0.303 e. The Hall–Kier alpha value is -3.87.